The summed E-state index contributed by atoms with van der Waals surface area (Å²) >= 11 is 0. The van der Waals surface area contributed by atoms with Gasteiger partial charge in [-0.05, 0) is 31.9 Å². The smallest absolute Gasteiger partial charge is 0.344 e. The van der Waals surface area contributed by atoms with Gasteiger partial charge in [0.15, 0.2) is 5.78 Å². The molecule has 1 aliphatic carbocycles. The summed E-state index contributed by atoms with van der Waals surface area (Å²) in [6.07, 6.45) is 2.50. The van der Waals surface area contributed by atoms with E-state index >= 15 is 0 Å². The van der Waals surface area contributed by atoms with Crippen molar-refractivity contribution in [1.82, 2.24) is 0 Å². The van der Waals surface area contributed by atoms with Crippen LogP contribution < -0.4 is 9.47 Å². The summed E-state index contributed by atoms with van der Waals surface area (Å²) in [5, 5.41) is -1.19. The molecule has 1 aromatic rings. The van der Waals surface area contributed by atoms with E-state index in [1.165, 1.54) is 21.3 Å². The first-order valence-electron chi connectivity index (χ1n) is 8.06. The maximum atomic E-state index is 13.5. The second-order valence-corrected chi connectivity index (χ2v) is 8.18. The third kappa shape index (κ3) is 2.99. The van der Waals surface area contributed by atoms with E-state index in [0.29, 0.717) is 29.9 Å². The molecular formula is C17H25O6P. The zero-order chi connectivity index (χ0) is 17.8. The molecule has 24 heavy (non-hydrogen) atoms. The Morgan fingerprint density at radius 2 is 1.67 bits per heavy atom. The van der Waals surface area contributed by atoms with Gasteiger partial charge in [-0.25, -0.2) is 0 Å². The third-order valence-electron chi connectivity index (χ3n) is 4.57. The minimum absolute atomic E-state index is 0.212. The lowest BCUT2D eigenvalue weighted by Crippen LogP contribution is -2.37. The zero-order valence-electron chi connectivity index (χ0n) is 14.7. The average molecular weight is 356 g/mol. The van der Waals surface area contributed by atoms with Gasteiger partial charge in [-0.2, -0.15) is 0 Å². The molecule has 1 unspecified atom stereocenters. The summed E-state index contributed by atoms with van der Waals surface area (Å²) < 4.78 is 34.8. The number of carbonyl (C=O) groups is 1. The van der Waals surface area contributed by atoms with Crippen molar-refractivity contribution < 1.29 is 27.9 Å². The van der Waals surface area contributed by atoms with Crippen LogP contribution in [-0.2, 0) is 13.6 Å². The molecule has 1 aliphatic rings. The largest absolute Gasteiger partial charge is 0.496 e. The predicted molar refractivity (Wildman–Crippen MR) is 91.3 cm³/mol. The zero-order valence-corrected chi connectivity index (χ0v) is 15.6. The van der Waals surface area contributed by atoms with Crippen molar-refractivity contribution in [2.75, 3.05) is 27.9 Å². The summed E-state index contributed by atoms with van der Waals surface area (Å²) in [4.78, 5) is 13.5. The van der Waals surface area contributed by atoms with Gasteiger partial charge < -0.3 is 18.5 Å². The summed E-state index contributed by atoms with van der Waals surface area (Å²) in [7, 11) is 0.698. The standard InChI is InChI=1S/C17H25O6P/c1-5-23-24(19,22-4)17(11-6-7-12-17)16(18)15-13(20-2)9-8-10-14(15)21-3/h8-10H,5-7,11-12H2,1-4H3. The Kier molecular flexibility index (Phi) is 6.07. The van der Waals surface area contributed by atoms with Crippen molar-refractivity contribution in [2.24, 2.45) is 0 Å². The fourth-order valence-corrected chi connectivity index (χ4v) is 5.68. The molecule has 0 aliphatic heterocycles. The quantitative estimate of drug-likeness (QED) is 0.516. The highest BCUT2D eigenvalue weighted by Crippen LogP contribution is 2.67. The molecule has 7 heteroatoms. The van der Waals surface area contributed by atoms with Gasteiger partial charge in [0.25, 0.3) is 0 Å². The normalized spacial score (nSPS) is 18.8. The molecule has 1 atom stereocenters. The van der Waals surface area contributed by atoms with Crippen molar-refractivity contribution >= 4 is 13.4 Å². The minimum atomic E-state index is -3.62. The molecule has 1 saturated carbocycles. The first-order chi connectivity index (χ1) is 11.5. The Hall–Kier alpha value is -1.36. The van der Waals surface area contributed by atoms with E-state index in [1.807, 2.05) is 0 Å². The Balaban J connectivity index is 2.62. The molecule has 0 radical (unpaired) electrons. The molecule has 0 spiro atoms. The lowest BCUT2D eigenvalue weighted by molar-refractivity contribution is 0.0903. The van der Waals surface area contributed by atoms with Gasteiger partial charge in [0.2, 0.25) is 0 Å². The topological polar surface area (TPSA) is 71.1 Å². The highest BCUT2D eigenvalue weighted by molar-refractivity contribution is 7.57. The van der Waals surface area contributed by atoms with E-state index in [2.05, 4.69) is 0 Å². The van der Waals surface area contributed by atoms with Gasteiger partial charge in [0.05, 0.1) is 20.8 Å². The van der Waals surface area contributed by atoms with Crippen LogP contribution in [0.5, 0.6) is 11.5 Å². The Labute approximate surface area is 143 Å². The van der Waals surface area contributed by atoms with Crippen LogP contribution in [-0.4, -0.2) is 38.9 Å². The summed E-state index contributed by atoms with van der Waals surface area (Å²) in [6, 6.07) is 5.13. The Morgan fingerprint density at radius 3 is 2.08 bits per heavy atom. The van der Waals surface area contributed by atoms with Crippen LogP contribution in [0, 0.1) is 0 Å². The van der Waals surface area contributed by atoms with Crippen LogP contribution >= 0.6 is 7.60 Å². The van der Waals surface area contributed by atoms with E-state index in [1.54, 1.807) is 25.1 Å². The van der Waals surface area contributed by atoms with Crippen molar-refractivity contribution in [3.05, 3.63) is 23.8 Å². The van der Waals surface area contributed by atoms with Crippen molar-refractivity contribution in [2.45, 2.75) is 37.8 Å². The average Bonchev–Trinajstić information content (AvgIpc) is 3.12. The summed E-state index contributed by atoms with van der Waals surface area (Å²) in [5.74, 6) is 0.488. The number of hydrogen-bond donors (Lipinski definition) is 0. The van der Waals surface area contributed by atoms with Crippen molar-refractivity contribution in [3.8, 4) is 11.5 Å². The SMILES string of the molecule is CCOP(=O)(OC)C1(C(=O)c2c(OC)cccc2OC)CCCC1. The highest BCUT2D eigenvalue weighted by atomic mass is 31.2. The third-order valence-corrected chi connectivity index (χ3v) is 7.35. The van der Waals surface area contributed by atoms with Gasteiger partial charge in [0, 0.05) is 7.11 Å². The fraction of sp³-hybridized carbons (Fsp3) is 0.588. The van der Waals surface area contributed by atoms with Gasteiger partial charge in [-0.15, -0.1) is 0 Å². The van der Waals surface area contributed by atoms with Crippen LogP contribution in [0.25, 0.3) is 0 Å². The van der Waals surface area contributed by atoms with Crippen LogP contribution in [0.3, 0.4) is 0 Å². The minimum Gasteiger partial charge on any atom is -0.496 e. The Bertz CT molecular complexity index is 614. The molecule has 1 aromatic carbocycles. The van der Waals surface area contributed by atoms with Gasteiger partial charge in [0.1, 0.15) is 22.2 Å². The molecular weight excluding hydrogens is 331 g/mol. The second-order valence-electron chi connectivity index (χ2n) is 5.70. The highest BCUT2D eigenvalue weighted by Gasteiger charge is 2.58. The van der Waals surface area contributed by atoms with E-state index in [0.717, 1.165) is 12.8 Å². The van der Waals surface area contributed by atoms with Gasteiger partial charge in [-0.3, -0.25) is 9.36 Å². The van der Waals surface area contributed by atoms with Crippen molar-refractivity contribution in [3.63, 3.8) is 0 Å². The van der Waals surface area contributed by atoms with Crippen LogP contribution in [0.2, 0.25) is 0 Å². The van der Waals surface area contributed by atoms with Crippen LogP contribution in [0.15, 0.2) is 18.2 Å². The molecule has 1 fully saturated rings. The summed E-state index contributed by atoms with van der Waals surface area (Å²) in [6.45, 7) is 1.95. The van der Waals surface area contributed by atoms with Crippen LogP contribution in [0.4, 0.5) is 0 Å². The number of methoxy groups -OCH3 is 2. The molecule has 2 rings (SSSR count). The number of carbonyl (C=O) groups excluding carboxylic acids is 1. The Morgan fingerprint density at radius 1 is 1.12 bits per heavy atom. The molecule has 134 valence electrons. The van der Waals surface area contributed by atoms with E-state index in [-0.39, 0.29) is 12.4 Å². The molecule has 0 heterocycles. The monoisotopic (exact) mass is 356 g/mol. The maximum absolute atomic E-state index is 13.5. The first-order valence-corrected chi connectivity index (χ1v) is 9.60. The predicted octanol–water partition coefficient (Wildman–Crippen LogP) is 4.08. The maximum Gasteiger partial charge on any atom is 0.344 e. The second kappa shape index (κ2) is 7.68. The number of benzene rings is 1. The van der Waals surface area contributed by atoms with E-state index in [9.17, 15) is 9.36 Å². The molecule has 0 bridgehead atoms. The van der Waals surface area contributed by atoms with Gasteiger partial charge in [-0.1, -0.05) is 18.9 Å². The molecule has 0 amide bonds. The lowest BCUT2D eigenvalue weighted by atomic mass is 9.93. The molecule has 6 nitrogen and oxygen atoms in total. The fourth-order valence-electron chi connectivity index (χ4n) is 3.41. The number of rotatable bonds is 8. The lowest BCUT2D eigenvalue weighted by Gasteiger charge is -2.34. The molecule has 0 N–H and O–H groups in total. The number of hydrogen-bond acceptors (Lipinski definition) is 6. The van der Waals surface area contributed by atoms with E-state index in [4.69, 9.17) is 18.5 Å². The number of ether oxygens (including phenoxy) is 2. The number of ketones is 1. The molecule has 0 aromatic heterocycles. The van der Waals surface area contributed by atoms with Crippen molar-refractivity contribution in [1.29, 1.82) is 0 Å². The van der Waals surface area contributed by atoms with Gasteiger partial charge >= 0.3 is 7.60 Å². The van der Waals surface area contributed by atoms with E-state index < -0.39 is 12.8 Å². The summed E-state index contributed by atoms with van der Waals surface area (Å²) in [5.41, 5.74) is 0.293. The number of Topliss-reactive ketones (excluding diaryl/α,β-unsaturated/α-hetero) is 1. The first kappa shape index (κ1) is 19.0. The van der Waals surface area contributed by atoms with Crippen LogP contribution in [0.1, 0.15) is 43.0 Å². The molecule has 0 saturated heterocycles.